The van der Waals surface area contributed by atoms with Gasteiger partial charge in [0.2, 0.25) is 5.79 Å². The van der Waals surface area contributed by atoms with Crippen LogP contribution in [0.2, 0.25) is 5.02 Å². The fourth-order valence-corrected chi connectivity index (χ4v) is 4.02. The van der Waals surface area contributed by atoms with Crippen molar-refractivity contribution in [1.82, 2.24) is 4.98 Å². The Morgan fingerprint density at radius 1 is 0.971 bits per heavy atom. The van der Waals surface area contributed by atoms with E-state index in [0.29, 0.717) is 17.0 Å². The molecule has 5 N–H and O–H groups in total. The number of pyridine rings is 1. The molecule has 0 aliphatic carbocycles. The van der Waals surface area contributed by atoms with Crippen LogP contribution in [0, 0.1) is 11.8 Å². The van der Waals surface area contributed by atoms with Gasteiger partial charge in [-0.3, -0.25) is 4.98 Å². The highest BCUT2D eigenvalue weighted by molar-refractivity contribution is 6.31. The average Bonchev–Trinajstić information content (AvgIpc) is 2.86. The van der Waals surface area contributed by atoms with Crippen LogP contribution in [-0.4, -0.2) is 61.5 Å². The van der Waals surface area contributed by atoms with Crippen molar-refractivity contribution < 1.29 is 30.3 Å². The minimum absolute atomic E-state index is 0.141. The summed E-state index contributed by atoms with van der Waals surface area (Å²) in [7, 11) is 0. The van der Waals surface area contributed by atoms with Gasteiger partial charge in [0.15, 0.2) is 0 Å². The molecule has 1 fully saturated rings. The SMILES string of the molecule is OC[C@H]1O[C@@](O)(c2ccc(Cl)c(Cc3ccc(C#Cc4cccnc4)cc3)c2)[C@H](O)[C@@H](O)[C@@H]1O. The Hall–Kier alpha value is -2.80. The first-order valence-electron chi connectivity index (χ1n) is 10.7. The number of aliphatic hydroxyl groups excluding tert-OH is 4. The average molecular weight is 482 g/mol. The number of rotatable bonds is 4. The number of nitrogens with zero attached hydrogens (tertiary/aromatic N) is 1. The maximum atomic E-state index is 11.1. The Labute approximate surface area is 201 Å². The predicted molar refractivity (Wildman–Crippen MR) is 125 cm³/mol. The Morgan fingerprint density at radius 2 is 1.71 bits per heavy atom. The van der Waals surface area contributed by atoms with Crippen LogP contribution in [0.25, 0.3) is 0 Å². The van der Waals surface area contributed by atoms with E-state index in [1.54, 1.807) is 24.5 Å². The van der Waals surface area contributed by atoms with Crippen molar-refractivity contribution in [3.8, 4) is 11.8 Å². The van der Waals surface area contributed by atoms with Crippen molar-refractivity contribution in [2.24, 2.45) is 0 Å². The molecular weight excluding hydrogens is 458 g/mol. The summed E-state index contributed by atoms with van der Waals surface area (Å²) in [4.78, 5) is 4.04. The van der Waals surface area contributed by atoms with Crippen molar-refractivity contribution in [3.63, 3.8) is 0 Å². The van der Waals surface area contributed by atoms with Crippen LogP contribution in [0.15, 0.2) is 67.0 Å². The van der Waals surface area contributed by atoms with Crippen molar-refractivity contribution in [1.29, 1.82) is 0 Å². The summed E-state index contributed by atoms with van der Waals surface area (Å²) in [6.07, 6.45) is -2.57. The molecule has 7 nitrogen and oxygen atoms in total. The highest BCUT2D eigenvalue weighted by Gasteiger charge is 2.53. The first kappa shape index (κ1) is 24.3. The summed E-state index contributed by atoms with van der Waals surface area (Å²) in [6, 6.07) is 15.9. The molecule has 0 saturated carbocycles. The molecule has 1 saturated heterocycles. The Morgan fingerprint density at radius 3 is 2.38 bits per heavy atom. The third-order valence-electron chi connectivity index (χ3n) is 5.79. The van der Waals surface area contributed by atoms with Crippen molar-refractivity contribution >= 4 is 11.6 Å². The van der Waals surface area contributed by atoms with E-state index in [9.17, 15) is 25.5 Å². The summed E-state index contributed by atoms with van der Waals surface area (Å²) in [5, 5.41) is 51.5. The second kappa shape index (κ2) is 10.2. The molecule has 2 heterocycles. The highest BCUT2D eigenvalue weighted by Crippen LogP contribution is 2.37. The standard InChI is InChI=1S/C26H24ClNO6/c27-21-10-9-20(26(33)25(32)24(31)23(30)22(15-29)34-26)13-19(21)12-17-6-3-16(4-7-17)5-8-18-2-1-11-28-14-18/h1-4,6-7,9-11,13-14,22-25,29-33H,12,15H2/t22-,23-,24+,25-,26+/m1/s1. The molecular formula is C26H24ClNO6. The molecule has 1 aliphatic heterocycles. The smallest absolute Gasteiger partial charge is 0.222 e. The molecule has 0 spiro atoms. The Balaban J connectivity index is 1.55. The first-order valence-corrected chi connectivity index (χ1v) is 11.0. The summed E-state index contributed by atoms with van der Waals surface area (Å²) >= 11 is 6.38. The highest BCUT2D eigenvalue weighted by atomic mass is 35.5. The lowest BCUT2D eigenvalue weighted by atomic mass is 9.87. The van der Waals surface area contributed by atoms with Crippen LogP contribution in [0.3, 0.4) is 0 Å². The molecule has 2 aromatic carbocycles. The second-order valence-electron chi connectivity index (χ2n) is 8.13. The number of aromatic nitrogens is 1. The summed E-state index contributed by atoms with van der Waals surface area (Å²) < 4.78 is 5.41. The third-order valence-corrected chi connectivity index (χ3v) is 6.16. The molecule has 1 aliphatic rings. The monoisotopic (exact) mass is 481 g/mol. The minimum atomic E-state index is -2.34. The summed E-state index contributed by atoms with van der Waals surface area (Å²) in [5.74, 6) is 3.80. The molecule has 5 atom stereocenters. The van der Waals surface area contributed by atoms with Gasteiger partial charge in [0.05, 0.1) is 6.61 Å². The molecule has 0 bridgehead atoms. The predicted octanol–water partition coefficient (Wildman–Crippen LogP) is 1.34. The van der Waals surface area contributed by atoms with E-state index in [1.165, 1.54) is 6.07 Å². The van der Waals surface area contributed by atoms with Crippen molar-refractivity contribution in [2.75, 3.05) is 6.61 Å². The molecule has 1 aromatic heterocycles. The Bertz CT molecular complexity index is 1190. The van der Waals surface area contributed by atoms with Crippen molar-refractivity contribution in [2.45, 2.75) is 36.6 Å². The summed E-state index contributed by atoms with van der Waals surface area (Å²) in [5.41, 5.74) is 3.39. The molecule has 0 unspecified atom stereocenters. The molecule has 0 radical (unpaired) electrons. The fraction of sp³-hybridized carbons (Fsp3) is 0.269. The fourth-order valence-electron chi connectivity index (χ4n) is 3.83. The number of halogens is 1. The zero-order valence-electron chi connectivity index (χ0n) is 18.0. The van der Waals surface area contributed by atoms with E-state index in [0.717, 1.165) is 16.7 Å². The van der Waals surface area contributed by atoms with Gasteiger partial charge < -0.3 is 30.3 Å². The maximum Gasteiger partial charge on any atom is 0.222 e. The molecule has 34 heavy (non-hydrogen) atoms. The third kappa shape index (κ3) is 4.99. The largest absolute Gasteiger partial charge is 0.394 e. The van der Waals surface area contributed by atoms with Crippen LogP contribution in [0.5, 0.6) is 0 Å². The van der Waals surface area contributed by atoms with Crippen LogP contribution in [-0.2, 0) is 16.9 Å². The van der Waals surface area contributed by atoms with E-state index in [-0.39, 0.29) is 5.56 Å². The van der Waals surface area contributed by atoms with E-state index < -0.39 is 36.8 Å². The van der Waals surface area contributed by atoms with Gasteiger partial charge >= 0.3 is 0 Å². The quantitative estimate of drug-likeness (QED) is 0.356. The van der Waals surface area contributed by atoms with Gasteiger partial charge in [0.25, 0.3) is 0 Å². The number of hydrogen-bond donors (Lipinski definition) is 5. The second-order valence-corrected chi connectivity index (χ2v) is 8.54. The minimum Gasteiger partial charge on any atom is -0.394 e. The lowest BCUT2D eigenvalue weighted by Crippen LogP contribution is -2.63. The number of benzene rings is 2. The zero-order valence-corrected chi connectivity index (χ0v) is 18.8. The number of ether oxygens (including phenoxy) is 1. The summed E-state index contributed by atoms with van der Waals surface area (Å²) in [6.45, 7) is -0.649. The van der Waals surface area contributed by atoms with Gasteiger partial charge in [-0.2, -0.15) is 0 Å². The number of hydrogen-bond acceptors (Lipinski definition) is 7. The van der Waals surface area contributed by atoms with Gasteiger partial charge in [-0.25, -0.2) is 0 Å². The van der Waals surface area contributed by atoms with Crippen LogP contribution < -0.4 is 0 Å². The van der Waals surface area contributed by atoms with Crippen LogP contribution in [0.4, 0.5) is 0 Å². The lowest BCUT2D eigenvalue weighted by molar-refractivity contribution is -0.357. The van der Waals surface area contributed by atoms with Gasteiger partial charge in [-0.15, -0.1) is 0 Å². The molecule has 8 heteroatoms. The van der Waals surface area contributed by atoms with Gasteiger partial charge in [-0.1, -0.05) is 41.6 Å². The molecule has 3 aromatic rings. The number of aliphatic hydroxyl groups is 5. The van der Waals surface area contributed by atoms with Crippen LogP contribution >= 0.6 is 11.6 Å². The van der Waals surface area contributed by atoms with Crippen molar-refractivity contribution in [3.05, 3.63) is 99.8 Å². The molecule has 176 valence electrons. The topological polar surface area (TPSA) is 123 Å². The molecule has 0 amide bonds. The zero-order chi connectivity index (χ0) is 24.3. The van der Waals surface area contributed by atoms with Gasteiger partial charge in [-0.05, 0) is 53.9 Å². The first-order chi connectivity index (χ1) is 16.3. The van der Waals surface area contributed by atoms with E-state index in [1.807, 2.05) is 36.4 Å². The van der Waals surface area contributed by atoms with E-state index in [2.05, 4.69) is 16.8 Å². The lowest BCUT2D eigenvalue weighted by Gasteiger charge is -2.45. The van der Waals surface area contributed by atoms with Gasteiger partial charge in [0.1, 0.15) is 24.4 Å². The normalized spacial score (nSPS) is 26.5. The Kier molecular flexibility index (Phi) is 7.31. The maximum absolute atomic E-state index is 11.1. The van der Waals surface area contributed by atoms with Gasteiger partial charge in [0, 0.05) is 34.1 Å². The van der Waals surface area contributed by atoms with Crippen LogP contribution in [0.1, 0.15) is 27.8 Å². The molecule has 4 rings (SSSR count). The van der Waals surface area contributed by atoms with E-state index >= 15 is 0 Å². The van der Waals surface area contributed by atoms with E-state index in [4.69, 9.17) is 16.3 Å².